The molecule has 90 valence electrons. The molecule has 17 heavy (non-hydrogen) atoms. The summed E-state index contributed by atoms with van der Waals surface area (Å²) in [5.74, 6) is -0.400. The van der Waals surface area contributed by atoms with Gasteiger partial charge in [-0.2, -0.15) is 5.10 Å². The molecule has 0 aliphatic heterocycles. The summed E-state index contributed by atoms with van der Waals surface area (Å²) < 4.78 is 7.27. The number of nitrogens with zero attached hydrogens (tertiary/aromatic N) is 2. The topological polar surface area (TPSA) is 70.1 Å². The predicted molar refractivity (Wildman–Crippen MR) is 67.8 cm³/mol. The molecule has 0 spiro atoms. The molecule has 6 heteroatoms. The van der Waals surface area contributed by atoms with Crippen LogP contribution in [0.25, 0.3) is 10.9 Å². The first-order valence-corrected chi connectivity index (χ1v) is 5.91. The number of fused-ring (bicyclic) bond motifs is 1. The number of carbonyl (C=O) groups is 1. The van der Waals surface area contributed by atoms with Crippen molar-refractivity contribution < 1.29 is 9.53 Å². The Balaban J connectivity index is 2.66. The lowest BCUT2D eigenvalue weighted by Gasteiger charge is -2.03. The number of nitrogens with two attached hydrogens (primary N) is 1. The second-order valence-electron chi connectivity index (χ2n) is 3.51. The number of aromatic nitrogens is 2. The third-order valence-electron chi connectivity index (χ3n) is 2.42. The fraction of sp³-hybridized carbons (Fsp3) is 0.273. The van der Waals surface area contributed by atoms with Crippen LogP contribution in [0.1, 0.15) is 10.5 Å². The number of benzene rings is 1. The summed E-state index contributed by atoms with van der Waals surface area (Å²) in [5, 5.41) is 5.11. The van der Waals surface area contributed by atoms with Crippen LogP contribution in [0.2, 0.25) is 0 Å². The van der Waals surface area contributed by atoms with E-state index in [4.69, 9.17) is 10.5 Å². The summed E-state index contributed by atoms with van der Waals surface area (Å²) >= 11 is 3.37. The largest absolute Gasteiger partial charge is 0.464 e. The van der Waals surface area contributed by atoms with Gasteiger partial charge in [0.2, 0.25) is 0 Å². The van der Waals surface area contributed by atoms with Gasteiger partial charge in [-0.1, -0.05) is 15.9 Å². The third kappa shape index (κ3) is 2.18. The van der Waals surface area contributed by atoms with Gasteiger partial charge in [0, 0.05) is 16.4 Å². The van der Waals surface area contributed by atoms with Crippen LogP contribution >= 0.6 is 15.9 Å². The van der Waals surface area contributed by atoms with Gasteiger partial charge in [0.05, 0.1) is 19.2 Å². The quantitative estimate of drug-likeness (QED) is 0.873. The molecule has 0 aliphatic carbocycles. The molecule has 2 aromatic rings. The molecule has 0 saturated carbocycles. The van der Waals surface area contributed by atoms with Gasteiger partial charge in [-0.3, -0.25) is 4.68 Å². The van der Waals surface area contributed by atoms with E-state index in [0.717, 1.165) is 15.4 Å². The zero-order valence-corrected chi connectivity index (χ0v) is 10.9. The molecule has 2 N–H and O–H groups in total. The van der Waals surface area contributed by atoms with Crippen LogP contribution in [-0.2, 0) is 11.3 Å². The number of hydrogen-bond donors (Lipinski definition) is 1. The Labute approximate surface area is 107 Å². The minimum absolute atomic E-state index is 0.400. The lowest BCUT2D eigenvalue weighted by atomic mass is 10.2. The van der Waals surface area contributed by atoms with E-state index in [1.54, 1.807) is 4.68 Å². The molecule has 0 bridgehead atoms. The van der Waals surface area contributed by atoms with E-state index < -0.39 is 5.97 Å². The summed E-state index contributed by atoms with van der Waals surface area (Å²) in [6, 6.07) is 5.56. The van der Waals surface area contributed by atoms with E-state index in [-0.39, 0.29) is 0 Å². The van der Waals surface area contributed by atoms with Crippen molar-refractivity contribution in [1.82, 2.24) is 9.78 Å². The SMILES string of the molecule is COC(=O)c1c2ccc(Br)cc2nn1CCN. The molecule has 0 amide bonds. The van der Waals surface area contributed by atoms with Crippen molar-refractivity contribution in [2.75, 3.05) is 13.7 Å². The average molecular weight is 298 g/mol. The van der Waals surface area contributed by atoms with Crippen LogP contribution < -0.4 is 5.73 Å². The van der Waals surface area contributed by atoms with Gasteiger partial charge in [0.25, 0.3) is 0 Å². The molecular weight excluding hydrogens is 286 g/mol. The average Bonchev–Trinajstić information content (AvgIpc) is 2.65. The number of hydrogen-bond acceptors (Lipinski definition) is 4. The maximum Gasteiger partial charge on any atom is 0.356 e. The predicted octanol–water partition coefficient (Wildman–Crippen LogP) is 1.54. The smallest absolute Gasteiger partial charge is 0.356 e. The van der Waals surface area contributed by atoms with Crippen molar-refractivity contribution in [2.24, 2.45) is 5.73 Å². The number of esters is 1. The summed E-state index contributed by atoms with van der Waals surface area (Å²) in [5.41, 5.74) is 6.69. The molecule has 0 saturated heterocycles. The monoisotopic (exact) mass is 297 g/mol. The minimum Gasteiger partial charge on any atom is -0.464 e. The molecule has 0 aliphatic rings. The van der Waals surface area contributed by atoms with Crippen LogP contribution in [0.5, 0.6) is 0 Å². The van der Waals surface area contributed by atoms with E-state index in [0.29, 0.717) is 18.8 Å². The number of rotatable bonds is 3. The standard InChI is InChI=1S/C11H12BrN3O2/c1-17-11(16)10-8-3-2-7(12)6-9(8)14-15(10)5-4-13/h2-3,6H,4-5,13H2,1H3. The second kappa shape index (κ2) is 4.85. The Morgan fingerprint density at radius 3 is 3.00 bits per heavy atom. The zero-order chi connectivity index (χ0) is 12.4. The zero-order valence-electron chi connectivity index (χ0n) is 9.31. The van der Waals surface area contributed by atoms with Gasteiger partial charge in [-0.05, 0) is 18.2 Å². The van der Waals surface area contributed by atoms with E-state index in [1.165, 1.54) is 7.11 Å². The number of halogens is 1. The van der Waals surface area contributed by atoms with Gasteiger partial charge in [-0.25, -0.2) is 4.79 Å². The van der Waals surface area contributed by atoms with Gasteiger partial charge in [-0.15, -0.1) is 0 Å². The molecule has 1 aromatic heterocycles. The van der Waals surface area contributed by atoms with Gasteiger partial charge in [0.15, 0.2) is 5.69 Å². The number of methoxy groups -OCH3 is 1. The molecule has 0 fully saturated rings. The highest BCUT2D eigenvalue weighted by molar-refractivity contribution is 9.10. The lowest BCUT2D eigenvalue weighted by Crippen LogP contribution is -2.17. The first-order valence-electron chi connectivity index (χ1n) is 5.12. The van der Waals surface area contributed by atoms with Gasteiger partial charge < -0.3 is 10.5 Å². The van der Waals surface area contributed by atoms with Crippen molar-refractivity contribution in [3.8, 4) is 0 Å². The maximum absolute atomic E-state index is 11.7. The minimum atomic E-state index is -0.400. The Hall–Kier alpha value is -1.40. The second-order valence-corrected chi connectivity index (χ2v) is 4.43. The Kier molecular flexibility index (Phi) is 3.44. The molecule has 0 radical (unpaired) electrons. The number of ether oxygens (including phenoxy) is 1. The summed E-state index contributed by atoms with van der Waals surface area (Å²) in [4.78, 5) is 11.7. The first-order chi connectivity index (χ1) is 8.17. The lowest BCUT2D eigenvalue weighted by molar-refractivity contribution is 0.0589. The van der Waals surface area contributed by atoms with Crippen LogP contribution in [-0.4, -0.2) is 29.4 Å². The van der Waals surface area contributed by atoms with Crippen molar-refractivity contribution in [1.29, 1.82) is 0 Å². The molecule has 5 nitrogen and oxygen atoms in total. The maximum atomic E-state index is 11.7. The van der Waals surface area contributed by atoms with E-state index in [1.807, 2.05) is 18.2 Å². The summed E-state index contributed by atoms with van der Waals surface area (Å²) in [7, 11) is 1.35. The van der Waals surface area contributed by atoms with E-state index in [9.17, 15) is 4.79 Å². The highest BCUT2D eigenvalue weighted by Crippen LogP contribution is 2.23. The molecular formula is C11H12BrN3O2. The highest BCUT2D eigenvalue weighted by Gasteiger charge is 2.18. The Morgan fingerprint density at radius 1 is 1.59 bits per heavy atom. The number of carbonyl (C=O) groups excluding carboxylic acids is 1. The van der Waals surface area contributed by atoms with Gasteiger partial charge in [0.1, 0.15) is 0 Å². The highest BCUT2D eigenvalue weighted by atomic mass is 79.9. The van der Waals surface area contributed by atoms with Crippen molar-refractivity contribution >= 4 is 32.8 Å². The van der Waals surface area contributed by atoms with Crippen molar-refractivity contribution in [3.05, 3.63) is 28.4 Å². The Morgan fingerprint density at radius 2 is 2.35 bits per heavy atom. The van der Waals surface area contributed by atoms with Crippen molar-refractivity contribution in [2.45, 2.75) is 6.54 Å². The fourth-order valence-corrected chi connectivity index (χ4v) is 2.05. The molecule has 1 heterocycles. The molecule has 0 atom stereocenters. The first kappa shape index (κ1) is 12.1. The third-order valence-corrected chi connectivity index (χ3v) is 2.91. The summed E-state index contributed by atoms with van der Waals surface area (Å²) in [6.45, 7) is 0.899. The van der Waals surface area contributed by atoms with Gasteiger partial charge >= 0.3 is 5.97 Å². The summed E-state index contributed by atoms with van der Waals surface area (Å²) in [6.07, 6.45) is 0. The van der Waals surface area contributed by atoms with E-state index >= 15 is 0 Å². The van der Waals surface area contributed by atoms with E-state index in [2.05, 4.69) is 21.0 Å². The van der Waals surface area contributed by atoms with Crippen molar-refractivity contribution in [3.63, 3.8) is 0 Å². The van der Waals surface area contributed by atoms with Crippen LogP contribution in [0, 0.1) is 0 Å². The molecule has 1 aromatic carbocycles. The normalized spacial score (nSPS) is 10.8. The fourth-order valence-electron chi connectivity index (χ4n) is 1.70. The van der Waals surface area contributed by atoms with Crippen LogP contribution in [0.4, 0.5) is 0 Å². The molecule has 0 unspecified atom stereocenters. The molecule has 2 rings (SSSR count). The van der Waals surface area contributed by atoms with Crippen LogP contribution in [0.15, 0.2) is 22.7 Å². The van der Waals surface area contributed by atoms with Crippen LogP contribution in [0.3, 0.4) is 0 Å². The Bertz CT molecular complexity index is 565.